The van der Waals surface area contributed by atoms with Gasteiger partial charge in [-0.25, -0.2) is 0 Å². The van der Waals surface area contributed by atoms with Gasteiger partial charge >= 0.3 is 0 Å². The largest absolute Gasteiger partial charge is 0.326 e. The van der Waals surface area contributed by atoms with Crippen molar-refractivity contribution >= 4 is 5.52 Å². The monoisotopic (exact) mass is 249 g/mol. The number of H-pyrrole nitrogens is 1. The average molecular weight is 249 g/mol. The van der Waals surface area contributed by atoms with Gasteiger partial charge in [-0.1, -0.05) is 12.1 Å². The van der Waals surface area contributed by atoms with Gasteiger partial charge in [0.1, 0.15) is 5.52 Å². The van der Waals surface area contributed by atoms with Gasteiger partial charge in [-0.3, -0.25) is 4.79 Å². The van der Waals surface area contributed by atoms with Gasteiger partial charge < -0.3 is 9.38 Å². The van der Waals surface area contributed by atoms with Gasteiger partial charge in [-0.15, -0.1) is 0 Å². The quantitative estimate of drug-likeness (QED) is 0.756. The van der Waals surface area contributed by atoms with Crippen molar-refractivity contribution in [2.75, 3.05) is 0 Å². The van der Waals surface area contributed by atoms with Crippen molar-refractivity contribution in [3.05, 3.63) is 76.0 Å². The molecule has 0 atom stereocenters. The summed E-state index contributed by atoms with van der Waals surface area (Å²) in [7, 11) is 0. The van der Waals surface area contributed by atoms with Crippen molar-refractivity contribution in [2.45, 2.75) is 6.42 Å². The van der Waals surface area contributed by atoms with E-state index in [1.54, 1.807) is 24.4 Å². The molecule has 0 aliphatic heterocycles. The zero-order valence-electron chi connectivity index (χ0n) is 10.1. The van der Waals surface area contributed by atoms with Crippen LogP contribution in [-0.4, -0.2) is 9.38 Å². The van der Waals surface area contributed by atoms with Crippen LogP contribution in [0.15, 0.2) is 53.6 Å². The molecule has 1 aromatic carbocycles. The minimum Gasteiger partial charge on any atom is -0.326 e. The first-order valence-corrected chi connectivity index (χ1v) is 5.94. The Bertz CT molecular complexity index is 819. The molecular formula is C15H11N3O. The molecule has 0 bridgehead atoms. The van der Waals surface area contributed by atoms with Gasteiger partial charge in [-0.05, 0) is 29.8 Å². The third-order valence-electron chi connectivity index (χ3n) is 3.13. The highest BCUT2D eigenvalue weighted by atomic mass is 16.1. The number of hydrogen-bond donors (Lipinski definition) is 1. The SMILES string of the molecule is N#Cc1ccc(Cc2c[nH]c(=O)c3cccn23)cc1. The van der Waals surface area contributed by atoms with Crippen LogP contribution in [0.2, 0.25) is 0 Å². The molecule has 3 aromatic rings. The van der Waals surface area contributed by atoms with Crippen LogP contribution in [-0.2, 0) is 6.42 Å². The molecule has 1 N–H and O–H groups in total. The molecule has 0 spiro atoms. The fraction of sp³-hybridized carbons (Fsp3) is 0.0667. The minimum absolute atomic E-state index is 0.0893. The summed E-state index contributed by atoms with van der Waals surface area (Å²) in [6.45, 7) is 0. The number of fused-ring (bicyclic) bond motifs is 1. The Morgan fingerprint density at radius 3 is 2.74 bits per heavy atom. The second kappa shape index (κ2) is 4.46. The van der Waals surface area contributed by atoms with E-state index in [-0.39, 0.29) is 5.56 Å². The first kappa shape index (κ1) is 11.3. The third kappa shape index (κ3) is 2.02. The molecule has 0 aliphatic rings. The third-order valence-corrected chi connectivity index (χ3v) is 3.13. The Labute approximate surface area is 109 Å². The predicted octanol–water partition coefficient (Wildman–Crippen LogP) is 2.09. The van der Waals surface area contributed by atoms with Crippen molar-refractivity contribution in [1.82, 2.24) is 9.38 Å². The molecule has 2 heterocycles. The lowest BCUT2D eigenvalue weighted by molar-refractivity contribution is 0.969. The normalized spacial score (nSPS) is 10.5. The minimum atomic E-state index is -0.0893. The molecular weight excluding hydrogens is 238 g/mol. The number of nitriles is 1. The molecule has 0 saturated carbocycles. The fourth-order valence-corrected chi connectivity index (χ4v) is 2.15. The second-order valence-corrected chi connectivity index (χ2v) is 4.36. The lowest BCUT2D eigenvalue weighted by Gasteiger charge is -2.06. The molecule has 19 heavy (non-hydrogen) atoms. The van der Waals surface area contributed by atoms with E-state index in [0.29, 0.717) is 17.5 Å². The van der Waals surface area contributed by atoms with E-state index < -0.39 is 0 Å². The number of nitrogens with zero attached hydrogens (tertiary/aromatic N) is 2. The van der Waals surface area contributed by atoms with E-state index in [1.165, 1.54) is 0 Å². The smallest absolute Gasteiger partial charge is 0.272 e. The summed E-state index contributed by atoms with van der Waals surface area (Å²) in [5, 5.41) is 8.77. The summed E-state index contributed by atoms with van der Waals surface area (Å²) in [4.78, 5) is 14.4. The van der Waals surface area contributed by atoms with Crippen LogP contribution in [0.1, 0.15) is 16.8 Å². The number of rotatable bonds is 2. The highest BCUT2D eigenvalue weighted by Crippen LogP contribution is 2.11. The molecule has 0 amide bonds. The zero-order chi connectivity index (χ0) is 13.2. The van der Waals surface area contributed by atoms with E-state index in [1.807, 2.05) is 28.8 Å². The molecule has 0 aliphatic carbocycles. The van der Waals surface area contributed by atoms with Crippen molar-refractivity contribution in [1.29, 1.82) is 5.26 Å². The molecule has 4 heteroatoms. The standard InChI is InChI=1S/C15H11N3O/c16-9-12-5-3-11(4-6-12)8-13-10-17-15(19)14-2-1-7-18(13)14/h1-7,10H,8H2,(H,17,19). The summed E-state index contributed by atoms with van der Waals surface area (Å²) in [6.07, 6.45) is 4.31. The number of benzene rings is 1. The van der Waals surface area contributed by atoms with Crippen LogP contribution >= 0.6 is 0 Å². The first-order valence-electron chi connectivity index (χ1n) is 5.94. The number of aromatic nitrogens is 2. The number of nitrogens with one attached hydrogen (secondary N) is 1. The fourth-order valence-electron chi connectivity index (χ4n) is 2.15. The van der Waals surface area contributed by atoms with Crippen LogP contribution in [0, 0.1) is 11.3 Å². The molecule has 0 unspecified atom stereocenters. The predicted molar refractivity (Wildman–Crippen MR) is 72.0 cm³/mol. The average Bonchev–Trinajstić information content (AvgIpc) is 2.93. The van der Waals surface area contributed by atoms with Crippen molar-refractivity contribution < 1.29 is 0 Å². The van der Waals surface area contributed by atoms with Crippen LogP contribution in [0.4, 0.5) is 0 Å². The molecule has 92 valence electrons. The van der Waals surface area contributed by atoms with Crippen molar-refractivity contribution in [3.8, 4) is 6.07 Å². The van der Waals surface area contributed by atoms with Gasteiger partial charge in [0.2, 0.25) is 0 Å². The summed E-state index contributed by atoms with van der Waals surface area (Å²) >= 11 is 0. The topological polar surface area (TPSA) is 61.1 Å². The number of hydrogen-bond acceptors (Lipinski definition) is 2. The molecule has 0 fully saturated rings. The van der Waals surface area contributed by atoms with Crippen LogP contribution in [0.3, 0.4) is 0 Å². The van der Waals surface area contributed by atoms with E-state index in [2.05, 4.69) is 11.1 Å². The maximum absolute atomic E-state index is 11.6. The van der Waals surface area contributed by atoms with Gasteiger partial charge in [-0.2, -0.15) is 5.26 Å². The summed E-state index contributed by atoms with van der Waals surface area (Å²) in [5.74, 6) is 0. The van der Waals surface area contributed by atoms with Crippen LogP contribution < -0.4 is 5.56 Å². The maximum Gasteiger partial charge on any atom is 0.272 e. The molecule has 2 aromatic heterocycles. The van der Waals surface area contributed by atoms with Gasteiger partial charge in [0.25, 0.3) is 5.56 Å². The van der Waals surface area contributed by atoms with E-state index >= 15 is 0 Å². The first-order chi connectivity index (χ1) is 9.28. The summed E-state index contributed by atoms with van der Waals surface area (Å²) < 4.78 is 1.89. The second-order valence-electron chi connectivity index (χ2n) is 4.36. The Morgan fingerprint density at radius 1 is 1.21 bits per heavy atom. The molecule has 3 rings (SSSR count). The Balaban J connectivity index is 2.01. The van der Waals surface area contributed by atoms with E-state index in [9.17, 15) is 4.79 Å². The zero-order valence-corrected chi connectivity index (χ0v) is 10.1. The lowest BCUT2D eigenvalue weighted by atomic mass is 10.1. The van der Waals surface area contributed by atoms with Gasteiger partial charge in [0.15, 0.2) is 0 Å². The molecule has 4 nitrogen and oxygen atoms in total. The van der Waals surface area contributed by atoms with E-state index in [0.717, 1.165) is 11.3 Å². The van der Waals surface area contributed by atoms with Gasteiger partial charge in [0, 0.05) is 24.5 Å². The Hall–Kier alpha value is -2.80. The summed E-state index contributed by atoms with van der Waals surface area (Å²) in [6, 6.07) is 13.2. The molecule has 0 radical (unpaired) electrons. The van der Waals surface area contributed by atoms with Crippen molar-refractivity contribution in [2.24, 2.45) is 0 Å². The summed E-state index contributed by atoms with van der Waals surface area (Å²) in [5.41, 5.74) is 3.31. The van der Waals surface area contributed by atoms with Gasteiger partial charge in [0.05, 0.1) is 11.6 Å². The Kier molecular flexibility index (Phi) is 2.66. The maximum atomic E-state index is 11.6. The lowest BCUT2D eigenvalue weighted by Crippen LogP contribution is -2.11. The molecule has 0 saturated heterocycles. The van der Waals surface area contributed by atoms with Crippen LogP contribution in [0.25, 0.3) is 5.52 Å². The van der Waals surface area contributed by atoms with Crippen LogP contribution in [0.5, 0.6) is 0 Å². The Morgan fingerprint density at radius 2 is 2.00 bits per heavy atom. The van der Waals surface area contributed by atoms with E-state index in [4.69, 9.17) is 5.26 Å². The highest BCUT2D eigenvalue weighted by Gasteiger charge is 2.04. The highest BCUT2D eigenvalue weighted by molar-refractivity contribution is 5.46. The number of aromatic amines is 1. The van der Waals surface area contributed by atoms with Crippen molar-refractivity contribution in [3.63, 3.8) is 0 Å².